The van der Waals surface area contributed by atoms with Crippen LogP contribution in [0, 0.1) is 28.1 Å². The maximum atomic E-state index is 12.5. The molecule has 0 aromatic rings. The van der Waals surface area contributed by atoms with Crippen LogP contribution in [0.1, 0.15) is 39.5 Å². The van der Waals surface area contributed by atoms with Gasteiger partial charge < -0.3 is 9.84 Å². The van der Waals surface area contributed by atoms with E-state index in [1.165, 1.54) is 13.5 Å². The zero-order valence-corrected chi connectivity index (χ0v) is 12.1. The van der Waals surface area contributed by atoms with Crippen LogP contribution in [0.15, 0.2) is 12.2 Å². The predicted octanol–water partition coefficient (Wildman–Crippen LogP) is 2.54. The minimum absolute atomic E-state index is 0.0378. The molecule has 19 heavy (non-hydrogen) atoms. The summed E-state index contributed by atoms with van der Waals surface area (Å²) in [5.74, 6) is 0.789. The molecule has 0 aliphatic heterocycles. The third kappa shape index (κ3) is 1.25. The van der Waals surface area contributed by atoms with Crippen LogP contribution in [0.4, 0.5) is 0 Å². The lowest BCUT2D eigenvalue weighted by Gasteiger charge is -2.61. The molecule has 2 bridgehead atoms. The van der Waals surface area contributed by atoms with Gasteiger partial charge >= 0.3 is 5.97 Å². The van der Waals surface area contributed by atoms with Gasteiger partial charge in [0.1, 0.15) is 0 Å². The van der Waals surface area contributed by atoms with Gasteiger partial charge in [0.25, 0.3) is 0 Å². The molecule has 3 heteroatoms. The van der Waals surface area contributed by atoms with Gasteiger partial charge in [-0.05, 0) is 49.9 Å². The molecule has 2 saturated carbocycles. The number of rotatable bonds is 2. The van der Waals surface area contributed by atoms with Crippen molar-refractivity contribution in [2.75, 3.05) is 13.7 Å². The van der Waals surface area contributed by atoms with Gasteiger partial charge in [-0.15, -0.1) is 0 Å². The highest BCUT2D eigenvalue weighted by Crippen LogP contribution is 2.71. The highest BCUT2D eigenvalue weighted by molar-refractivity contribution is 5.79. The van der Waals surface area contributed by atoms with Crippen LogP contribution in [0.5, 0.6) is 0 Å². The van der Waals surface area contributed by atoms with Crippen LogP contribution >= 0.6 is 0 Å². The molecule has 4 aliphatic carbocycles. The highest BCUT2D eigenvalue weighted by Gasteiger charge is 2.69. The Morgan fingerprint density at radius 2 is 2.11 bits per heavy atom. The molecule has 106 valence electrons. The van der Waals surface area contributed by atoms with E-state index in [0.717, 1.165) is 19.3 Å². The van der Waals surface area contributed by atoms with Gasteiger partial charge in [-0.3, -0.25) is 4.79 Å². The van der Waals surface area contributed by atoms with E-state index in [0.29, 0.717) is 11.8 Å². The van der Waals surface area contributed by atoms with E-state index < -0.39 is 10.8 Å². The van der Waals surface area contributed by atoms with Crippen LogP contribution < -0.4 is 0 Å². The molecular formula is C16H24O3. The first-order valence-corrected chi connectivity index (χ1v) is 7.36. The lowest BCUT2D eigenvalue weighted by Crippen LogP contribution is -2.62. The molecule has 5 atom stereocenters. The number of esters is 1. The summed E-state index contributed by atoms with van der Waals surface area (Å²) < 4.78 is 5.13. The number of fused-ring (bicyclic) bond motifs is 1. The fraction of sp³-hybridized carbons (Fsp3) is 0.812. The molecule has 0 aromatic heterocycles. The quantitative estimate of drug-likeness (QED) is 0.616. The van der Waals surface area contributed by atoms with Crippen molar-refractivity contribution < 1.29 is 14.6 Å². The zero-order valence-electron chi connectivity index (χ0n) is 12.1. The second kappa shape index (κ2) is 3.85. The van der Waals surface area contributed by atoms with Crippen LogP contribution in [-0.4, -0.2) is 24.8 Å². The van der Waals surface area contributed by atoms with E-state index >= 15 is 0 Å². The first-order chi connectivity index (χ1) is 8.97. The minimum atomic E-state index is -0.575. The summed E-state index contributed by atoms with van der Waals surface area (Å²) in [6, 6.07) is 0. The average Bonchev–Trinajstić information content (AvgIpc) is 2.78. The molecule has 0 amide bonds. The van der Waals surface area contributed by atoms with Gasteiger partial charge in [0, 0.05) is 5.41 Å². The van der Waals surface area contributed by atoms with Crippen LogP contribution in [-0.2, 0) is 9.53 Å². The second-order valence-corrected chi connectivity index (χ2v) is 6.98. The van der Waals surface area contributed by atoms with Crippen molar-refractivity contribution in [3.05, 3.63) is 12.2 Å². The Morgan fingerprint density at radius 1 is 1.37 bits per heavy atom. The Balaban J connectivity index is 2.18. The number of ether oxygens (including phenoxy) is 1. The van der Waals surface area contributed by atoms with Gasteiger partial charge in [-0.25, -0.2) is 0 Å². The molecule has 4 rings (SSSR count). The summed E-state index contributed by atoms with van der Waals surface area (Å²) in [5, 5.41) is 9.97. The maximum absolute atomic E-state index is 12.5. The number of aliphatic hydroxyl groups is 1. The van der Waals surface area contributed by atoms with Gasteiger partial charge in [0.05, 0.1) is 19.1 Å². The van der Waals surface area contributed by atoms with E-state index in [1.54, 1.807) is 0 Å². The standard InChI is InChI=1S/C16H24O3/c1-11-4-5-12-14(2,13(18)19-3)15(10-17)6-8-16(11,12)9-7-15/h6,8,11-12,17H,4-5,7,9-10H2,1-3H3. The molecule has 1 spiro atoms. The largest absolute Gasteiger partial charge is 0.469 e. The Morgan fingerprint density at radius 3 is 2.63 bits per heavy atom. The molecule has 5 unspecified atom stereocenters. The number of carbonyl (C=O) groups excluding carboxylic acids is 1. The number of hydrogen-bond acceptors (Lipinski definition) is 3. The third-order valence-corrected chi connectivity index (χ3v) is 6.79. The van der Waals surface area contributed by atoms with E-state index in [9.17, 15) is 9.90 Å². The molecule has 3 nitrogen and oxygen atoms in total. The summed E-state index contributed by atoms with van der Waals surface area (Å²) in [7, 11) is 1.47. The zero-order chi connectivity index (χ0) is 13.9. The van der Waals surface area contributed by atoms with Gasteiger partial charge in [-0.1, -0.05) is 19.1 Å². The van der Waals surface area contributed by atoms with Gasteiger partial charge in [-0.2, -0.15) is 0 Å². The summed E-state index contributed by atoms with van der Waals surface area (Å²) in [4.78, 5) is 12.5. The topological polar surface area (TPSA) is 46.5 Å². The van der Waals surface area contributed by atoms with Crippen molar-refractivity contribution in [1.82, 2.24) is 0 Å². The molecule has 0 heterocycles. The number of allylic oxidation sites excluding steroid dienone is 1. The molecule has 4 aliphatic rings. The van der Waals surface area contributed by atoms with Crippen molar-refractivity contribution in [1.29, 1.82) is 0 Å². The fourth-order valence-electron chi connectivity index (χ4n) is 5.38. The number of aliphatic hydroxyl groups excluding tert-OH is 1. The second-order valence-electron chi connectivity index (χ2n) is 6.98. The number of methoxy groups -OCH3 is 1. The third-order valence-electron chi connectivity index (χ3n) is 6.79. The summed E-state index contributed by atoms with van der Waals surface area (Å²) in [6.07, 6.45) is 8.68. The van der Waals surface area contributed by atoms with E-state index in [-0.39, 0.29) is 18.0 Å². The lowest BCUT2D eigenvalue weighted by atomic mass is 9.41. The lowest BCUT2D eigenvalue weighted by molar-refractivity contribution is -0.183. The smallest absolute Gasteiger partial charge is 0.312 e. The van der Waals surface area contributed by atoms with E-state index in [2.05, 4.69) is 19.1 Å². The molecule has 0 saturated heterocycles. The first-order valence-electron chi connectivity index (χ1n) is 7.36. The Hall–Kier alpha value is -0.830. The summed E-state index contributed by atoms with van der Waals surface area (Å²) >= 11 is 0. The minimum Gasteiger partial charge on any atom is -0.469 e. The van der Waals surface area contributed by atoms with Crippen LogP contribution in [0.3, 0.4) is 0 Å². The molecule has 0 radical (unpaired) electrons. The molecule has 2 fully saturated rings. The van der Waals surface area contributed by atoms with Crippen LogP contribution in [0.2, 0.25) is 0 Å². The predicted molar refractivity (Wildman–Crippen MR) is 72.3 cm³/mol. The monoisotopic (exact) mass is 264 g/mol. The SMILES string of the molecule is COC(=O)C1(C)C2CCC(C)C23C=CC1(CO)CC3. The summed E-state index contributed by atoms with van der Waals surface area (Å²) in [6.45, 7) is 4.37. The maximum Gasteiger partial charge on any atom is 0.312 e. The normalized spacial score (nSPS) is 51.2. The number of carbonyl (C=O) groups is 1. The van der Waals surface area contributed by atoms with Crippen molar-refractivity contribution in [2.45, 2.75) is 39.5 Å². The van der Waals surface area contributed by atoms with E-state index in [4.69, 9.17) is 4.74 Å². The average molecular weight is 264 g/mol. The van der Waals surface area contributed by atoms with Crippen molar-refractivity contribution >= 4 is 5.97 Å². The Kier molecular flexibility index (Phi) is 2.66. The van der Waals surface area contributed by atoms with Crippen molar-refractivity contribution in [3.63, 3.8) is 0 Å². The Labute approximate surface area is 115 Å². The highest BCUT2D eigenvalue weighted by atomic mass is 16.5. The first kappa shape index (κ1) is 13.2. The van der Waals surface area contributed by atoms with Crippen LogP contribution in [0.25, 0.3) is 0 Å². The molecule has 1 N–H and O–H groups in total. The summed E-state index contributed by atoms with van der Waals surface area (Å²) in [5.41, 5.74) is -0.843. The van der Waals surface area contributed by atoms with Gasteiger partial charge in [0.15, 0.2) is 0 Å². The van der Waals surface area contributed by atoms with Crippen molar-refractivity contribution in [2.24, 2.45) is 28.1 Å². The fourth-order valence-corrected chi connectivity index (χ4v) is 5.38. The molecular weight excluding hydrogens is 240 g/mol. The van der Waals surface area contributed by atoms with Gasteiger partial charge in [0.2, 0.25) is 0 Å². The van der Waals surface area contributed by atoms with Crippen molar-refractivity contribution in [3.8, 4) is 0 Å². The number of hydrogen-bond donors (Lipinski definition) is 1. The van der Waals surface area contributed by atoms with E-state index in [1.807, 2.05) is 6.92 Å². The molecule has 0 aromatic carbocycles. The Bertz CT molecular complexity index is 443.